The summed E-state index contributed by atoms with van der Waals surface area (Å²) in [4.78, 5) is 18.6. The lowest BCUT2D eigenvalue weighted by atomic mass is 9.90. The summed E-state index contributed by atoms with van der Waals surface area (Å²) in [6.07, 6.45) is 19.7. The normalized spacial score (nSPS) is 24.9. The van der Waals surface area contributed by atoms with Crippen LogP contribution in [0.4, 0.5) is 5.82 Å². The second-order valence-electron chi connectivity index (χ2n) is 14.5. The van der Waals surface area contributed by atoms with Gasteiger partial charge in [-0.15, -0.1) is 0 Å². The van der Waals surface area contributed by atoms with E-state index in [1.54, 1.807) is 10.6 Å². The number of fused-ring (bicyclic) bond motifs is 2. The van der Waals surface area contributed by atoms with E-state index in [0.29, 0.717) is 12.1 Å². The van der Waals surface area contributed by atoms with Crippen molar-refractivity contribution in [1.82, 2.24) is 24.1 Å². The summed E-state index contributed by atoms with van der Waals surface area (Å²) < 4.78 is 38.3. The van der Waals surface area contributed by atoms with Gasteiger partial charge in [-0.1, -0.05) is 103 Å². The van der Waals surface area contributed by atoms with Crippen LogP contribution in [0, 0.1) is 22.7 Å². The molecule has 5 rings (SSSR count). The second kappa shape index (κ2) is 19.4. The van der Waals surface area contributed by atoms with Crippen molar-refractivity contribution in [3.63, 3.8) is 0 Å². The molecular formula is C37H55N8O8P. The first kappa shape index (κ1) is 41.7. The first-order chi connectivity index (χ1) is 26.1. The van der Waals surface area contributed by atoms with Crippen LogP contribution < -0.4 is 5.73 Å². The quantitative estimate of drug-likeness (QED) is 0.0573. The van der Waals surface area contributed by atoms with Gasteiger partial charge in [0.1, 0.15) is 42.3 Å². The van der Waals surface area contributed by atoms with E-state index < -0.39 is 43.4 Å². The highest BCUT2D eigenvalue weighted by molar-refractivity contribution is 7.47. The minimum atomic E-state index is -4.85. The molecule has 0 aromatic carbocycles. The second-order valence-corrected chi connectivity index (χ2v) is 15.9. The van der Waals surface area contributed by atoms with E-state index in [4.69, 9.17) is 24.3 Å². The summed E-state index contributed by atoms with van der Waals surface area (Å²) in [6.45, 7) is 2.50. The number of nitriles is 2. The zero-order valence-corrected chi connectivity index (χ0v) is 32.1. The molecule has 2 unspecified atom stereocenters. The van der Waals surface area contributed by atoms with Crippen molar-refractivity contribution in [2.24, 2.45) is 0 Å². The highest BCUT2D eigenvalue weighted by Gasteiger charge is 2.83. The van der Waals surface area contributed by atoms with Crippen LogP contribution in [0.25, 0.3) is 5.52 Å². The molecule has 54 heavy (non-hydrogen) atoms. The number of phosphoric ester groups is 1. The molecule has 1 aliphatic carbocycles. The van der Waals surface area contributed by atoms with Crippen LogP contribution in [0.1, 0.15) is 127 Å². The molecule has 7 atom stereocenters. The zero-order valence-electron chi connectivity index (χ0n) is 31.2. The largest absolute Gasteiger partial charge is 0.472 e. The summed E-state index contributed by atoms with van der Waals surface area (Å²) in [5.74, 6) is 0.128. The minimum Gasteiger partial charge on any atom is -0.385 e. The molecule has 0 spiro atoms. The average molecular weight is 771 g/mol. The van der Waals surface area contributed by atoms with Crippen molar-refractivity contribution in [3.8, 4) is 12.1 Å². The Morgan fingerprint density at radius 3 is 2.17 bits per heavy atom. The zero-order chi connectivity index (χ0) is 38.6. The number of hydrogen-bond donors (Lipinski definition) is 4. The van der Waals surface area contributed by atoms with Gasteiger partial charge in [0.2, 0.25) is 5.60 Å². The van der Waals surface area contributed by atoms with Crippen LogP contribution in [-0.2, 0) is 28.7 Å². The molecule has 5 N–H and O–H groups in total. The summed E-state index contributed by atoms with van der Waals surface area (Å²) >= 11 is 0. The van der Waals surface area contributed by atoms with Crippen LogP contribution in [0.2, 0.25) is 0 Å². The Bertz CT molecular complexity index is 1780. The third-order valence-electron chi connectivity index (χ3n) is 10.5. The van der Waals surface area contributed by atoms with Gasteiger partial charge in [-0.2, -0.15) is 15.6 Å². The number of aliphatic hydroxyl groups excluding tert-OH is 1. The van der Waals surface area contributed by atoms with E-state index in [9.17, 15) is 30.2 Å². The summed E-state index contributed by atoms with van der Waals surface area (Å²) in [6, 6.07) is 6.25. The van der Waals surface area contributed by atoms with Gasteiger partial charge >= 0.3 is 7.82 Å². The number of nitrogens with two attached hydrogens (primary N) is 1. The Morgan fingerprint density at radius 1 is 0.981 bits per heavy atom. The number of hydrogen-bond acceptors (Lipinski definition) is 13. The predicted octanol–water partition coefficient (Wildman–Crippen LogP) is 5.62. The molecule has 0 amide bonds. The van der Waals surface area contributed by atoms with E-state index in [-0.39, 0.29) is 30.4 Å². The SMILES string of the molecule is CCCCCCCCCCCCCCCCCCOC[C@H](COP(=O)(O)OC1[C@H]2O[C@@](C#N)(c3ccc4c(N)ncnn34)[C@H](O)[C@@]12O)n1cnc(C#N)c1. The van der Waals surface area contributed by atoms with Gasteiger partial charge in [-0.05, 0) is 18.6 Å². The van der Waals surface area contributed by atoms with Crippen molar-refractivity contribution in [3.05, 3.63) is 42.4 Å². The van der Waals surface area contributed by atoms with Gasteiger partial charge in [0.25, 0.3) is 0 Å². The number of nitrogen functional groups attached to an aromatic ring is 1. The monoisotopic (exact) mass is 770 g/mol. The minimum absolute atomic E-state index is 0.0869. The fourth-order valence-corrected chi connectivity index (χ4v) is 8.24. The lowest BCUT2D eigenvalue weighted by Gasteiger charge is -2.29. The molecule has 17 heteroatoms. The van der Waals surface area contributed by atoms with Gasteiger partial charge in [0.05, 0.1) is 31.3 Å². The molecule has 1 aliphatic heterocycles. The fraction of sp³-hybridized carbons (Fsp3) is 0.703. The molecule has 2 fully saturated rings. The maximum Gasteiger partial charge on any atom is 0.472 e. The molecule has 0 radical (unpaired) electrons. The Balaban J connectivity index is 1.01. The number of unbranched alkanes of at least 4 members (excludes halogenated alkanes) is 15. The lowest BCUT2D eigenvalue weighted by molar-refractivity contribution is -0.106. The molecule has 2 aliphatic rings. The number of ether oxygens (including phenoxy) is 2. The van der Waals surface area contributed by atoms with Crippen molar-refractivity contribution >= 4 is 19.2 Å². The molecule has 3 aromatic heterocycles. The van der Waals surface area contributed by atoms with Crippen LogP contribution in [0.3, 0.4) is 0 Å². The van der Waals surface area contributed by atoms with Crippen molar-refractivity contribution in [2.75, 3.05) is 25.6 Å². The standard InChI is InChI=1S/C37H55N8O8P/c1-2-3-4-5-6-7-8-9-10-11-12-13-14-15-16-17-20-50-23-29(44-22-28(21-38)42-27-44)24-51-54(48,49)53-33-32-37(33,47)35(46)36(25-39,52-32)31-19-18-30-34(40)41-26-43-45(30)31/h18-19,22,26-27,29,32-33,35,46-47H,2-17,20,23-24H2,1H3,(H,48,49)(H2,40,41,43)/t29-,32-,33?,35+,36+,37+/m1/s1. The number of anilines is 1. The number of aromatic nitrogens is 5. The lowest BCUT2D eigenvalue weighted by Crippen LogP contribution is -2.47. The highest BCUT2D eigenvalue weighted by atomic mass is 31.2. The first-order valence-corrected chi connectivity index (χ1v) is 20.9. The number of nitrogens with zero attached hydrogens (tertiary/aromatic N) is 7. The van der Waals surface area contributed by atoms with Crippen LogP contribution >= 0.6 is 7.82 Å². The van der Waals surface area contributed by atoms with Gasteiger partial charge in [0.15, 0.2) is 17.1 Å². The Labute approximate surface area is 316 Å². The Hall–Kier alpha value is -3.44. The molecule has 16 nitrogen and oxygen atoms in total. The van der Waals surface area contributed by atoms with Crippen LogP contribution in [-0.4, -0.2) is 83.0 Å². The van der Waals surface area contributed by atoms with Crippen LogP contribution in [0.5, 0.6) is 0 Å². The maximum absolute atomic E-state index is 13.1. The predicted molar refractivity (Wildman–Crippen MR) is 198 cm³/mol. The molecular weight excluding hydrogens is 715 g/mol. The number of aliphatic hydroxyl groups is 2. The fourth-order valence-electron chi connectivity index (χ4n) is 7.25. The smallest absolute Gasteiger partial charge is 0.385 e. The maximum atomic E-state index is 13.1. The number of rotatable bonds is 26. The van der Waals surface area contributed by atoms with Crippen molar-refractivity contribution < 1.29 is 38.2 Å². The van der Waals surface area contributed by atoms with Crippen molar-refractivity contribution in [1.29, 1.82) is 10.5 Å². The number of imidazole rings is 1. The van der Waals surface area contributed by atoms with E-state index in [2.05, 4.69) is 22.0 Å². The first-order valence-electron chi connectivity index (χ1n) is 19.4. The van der Waals surface area contributed by atoms with E-state index in [1.165, 1.54) is 113 Å². The summed E-state index contributed by atoms with van der Waals surface area (Å²) in [5.41, 5.74) is 2.23. The van der Waals surface area contributed by atoms with Crippen molar-refractivity contribution in [2.45, 2.75) is 145 Å². The molecule has 1 saturated heterocycles. The van der Waals surface area contributed by atoms with Gasteiger partial charge in [-0.25, -0.2) is 19.0 Å². The Kier molecular flexibility index (Phi) is 15.0. The molecule has 3 aromatic rings. The highest BCUT2D eigenvalue weighted by Crippen LogP contribution is 2.63. The van der Waals surface area contributed by atoms with Gasteiger partial charge in [-0.3, -0.25) is 9.05 Å². The topological polar surface area (TPSA) is 236 Å². The molecule has 0 bridgehead atoms. The molecule has 4 heterocycles. The van der Waals surface area contributed by atoms with E-state index in [0.717, 1.165) is 19.3 Å². The van der Waals surface area contributed by atoms with Gasteiger partial charge in [0, 0.05) is 12.8 Å². The summed E-state index contributed by atoms with van der Waals surface area (Å²) in [5, 5.41) is 46.0. The van der Waals surface area contributed by atoms with E-state index >= 15 is 0 Å². The Morgan fingerprint density at radius 2 is 1.61 bits per heavy atom. The average Bonchev–Trinajstić information content (AvgIpc) is 3.62. The third-order valence-corrected chi connectivity index (χ3v) is 11.5. The summed E-state index contributed by atoms with van der Waals surface area (Å²) in [7, 11) is -4.85. The molecule has 296 valence electrons. The number of phosphoric acid groups is 1. The van der Waals surface area contributed by atoms with Gasteiger partial charge < -0.3 is 34.9 Å². The van der Waals surface area contributed by atoms with Crippen LogP contribution in [0.15, 0.2) is 31.0 Å². The third kappa shape index (κ3) is 9.86. The molecule has 1 saturated carbocycles. The van der Waals surface area contributed by atoms with E-state index in [1.807, 2.05) is 12.1 Å².